The van der Waals surface area contributed by atoms with Gasteiger partial charge in [-0.05, 0) is 36.6 Å². The minimum Gasteiger partial charge on any atom is -0.183 e. The second kappa shape index (κ2) is 12.7. The molecule has 0 aliphatic heterocycles. The second-order valence-corrected chi connectivity index (χ2v) is 1.34. The van der Waals surface area contributed by atoms with Crippen LogP contribution in [0.15, 0.2) is 78.5 Å². The molecule has 0 aliphatic carbocycles. The van der Waals surface area contributed by atoms with Gasteiger partial charge in [-0.1, -0.05) is 4.48 Å². The Labute approximate surface area is 89.6 Å². The van der Waals surface area contributed by atoms with Crippen molar-refractivity contribution in [3.63, 3.8) is 0 Å². The van der Waals surface area contributed by atoms with Crippen LogP contribution in [0.1, 0.15) is 0 Å². The first-order valence-electron chi connectivity index (χ1n) is 3.19. The molecule has 0 unspecified atom stereocenters. The quantitative estimate of drug-likeness (QED) is 0.503. The maximum atomic E-state index is 10.9. The maximum absolute atomic E-state index is 10.9. The average molecular weight is 244 g/mol. The summed E-state index contributed by atoms with van der Waals surface area (Å²) in [6.45, 7) is 0. The third-order valence-electron chi connectivity index (χ3n) is 0.559. The molecule has 0 fully saturated rings. The predicted octanol–water partition coefficient (Wildman–Crippen LogP) is 3.47. The molecular weight excluding hydrogens is 243 g/mol. The Morgan fingerprint density at radius 1 is 0.471 bits per heavy atom. The predicted molar refractivity (Wildman–Crippen MR) is 40.2 cm³/mol. The van der Waals surface area contributed by atoms with Gasteiger partial charge in [-0.2, -0.15) is 5.53 Å². The standard InChI is InChI=1S/FHN16/c1-3-5-7-9-11-13-15-17-16-14-12-10-8-6-4-2/h2H/b4-2?,5-3+,8-6+,9-7+,12-10+,13-11+,16-14+,17-15+. The van der Waals surface area contributed by atoms with Gasteiger partial charge in [0.2, 0.25) is 0 Å². The van der Waals surface area contributed by atoms with Crippen molar-refractivity contribution in [3.05, 3.63) is 0 Å². The van der Waals surface area contributed by atoms with E-state index in [0.717, 1.165) is 0 Å². The Kier molecular flexibility index (Phi) is 10.3. The zero-order valence-electron chi connectivity index (χ0n) is 7.59. The molecule has 0 radical (unpaired) electrons. The molecule has 0 aliphatic rings. The van der Waals surface area contributed by atoms with E-state index in [1.807, 2.05) is 0 Å². The SMILES string of the molecule is N=N/N=N/N=N/N=N/N=N/N=N/N=N/N=N/F. The molecule has 0 heterocycles. The van der Waals surface area contributed by atoms with Crippen molar-refractivity contribution in [2.75, 3.05) is 0 Å². The van der Waals surface area contributed by atoms with Crippen LogP contribution < -0.4 is 0 Å². The molecule has 0 aromatic heterocycles. The van der Waals surface area contributed by atoms with Gasteiger partial charge in [0, 0.05) is 41.9 Å². The number of halogens is 1. The Balaban J connectivity index is 3.80. The fourth-order valence-electron chi connectivity index (χ4n) is 0.232. The zero-order valence-corrected chi connectivity index (χ0v) is 7.59. The summed E-state index contributed by atoms with van der Waals surface area (Å²) in [6.07, 6.45) is 0. The van der Waals surface area contributed by atoms with Crippen LogP contribution in [0.4, 0.5) is 4.48 Å². The van der Waals surface area contributed by atoms with Crippen LogP contribution in [0, 0.1) is 5.53 Å². The Morgan fingerprint density at radius 2 is 0.765 bits per heavy atom. The normalized spacial score (nSPS) is 13.9. The fourth-order valence-corrected chi connectivity index (χ4v) is 0.232. The van der Waals surface area contributed by atoms with Gasteiger partial charge in [-0.3, -0.25) is 0 Å². The molecule has 16 nitrogen and oxygen atoms in total. The van der Waals surface area contributed by atoms with E-state index in [9.17, 15) is 4.48 Å². The summed E-state index contributed by atoms with van der Waals surface area (Å²) >= 11 is 0. The molecule has 88 valence electrons. The lowest BCUT2D eigenvalue weighted by atomic mass is 12.3. The largest absolute Gasteiger partial charge is 0.183 e. The second-order valence-electron chi connectivity index (χ2n) is 1.34. The van der Waals surface area contributed by atoms with E-state index >= 15 is 0 Å². The molecule has 17 heavy (non-hydrogen) atoms. The van der Waals surface area contributed by atoms with Gasteiger partial charge in [0.1, 0.15) is 0 Å². The summed E-state index contributed by atoms with van der Waals surface area (Å²) in [7, 11) is 0. The van der Waals surface area contributed by atoms with Crippen LogP contribution in [-0.2, 0) is 0 Å². The number of nitrogens with one attached hydrogen (secondary N) is 1. The molecule has 0 aromatic rings. The lowest BCUT2D eigenvalue weighted by molar-refractivity contribution is 0.474. The van der Waals surface area contributed by atoms with Crippen molar-refractivity contribution in [2.24, 2.45) is 78.5 Å². The van der Waals surface area contributed by atoms with Crippen molar-refractivity contribution < 1.29 is 4.48 Å². The summed E-state index contributed by atoms with van der Waals surface area (Å²) in [5.41, 5.74) is 6.16. The van der Waals surface area contributed by atoms with Crippen LogP contribution in [0.25, 0.3) is 0 Å². The van der Waals surface area contributed by atoms with E-state index < -0.39 is 0 Å². The highest BCUT2D eigenvalue weighted by molar-refractivity contribution is 4.12. The summed E-state index contributed by atoms with van der Waals surface area (Å²) in [6, 6.07) is 0. The zero-order chi connectivity index (χ0) is 12.6. The molecule has 17 heteroatoms. The summed E-state index contributed by atoms with van der Waals surface area (Å²) in [5.74, 6) is 0. The van der Waals surface area contributed by atoms with Crippen LogP contribution in [0.2, 0.25) is 0 Å². The number of hydrogen-bond donors (Lipinski definition) is 1. The van der Waals surface area contributed by atoms with Gasteiger partial charge in [0.15, 0.2) is 0 Å². The van der Waals surface area contributed by atoms with Gasteiger partial charge in [0.25, 0.3) is 0 Å². The molecule has 0 saturated heterocycles. The fraction of sp³-hybridized carbons (Fsp3) is 0. The number of rotatable bonds is 7. The van der Waals surface area contributed by atoms with Crippen LogP contribution >= 0.6 is 0 Å². The van der Waals surface area contributed by atoms with E-state index in [-0.39, 0.29) is 0 Å². The van der Waals surface area contributed by atoms with Crippen molar-refractivity contribution in [1.82, 2.24) is 0 Å². The Morgan fingerprint density at radius 3 is 1.06 bits per heavy atom. The topological polar surface area (TPSA) is 209 Å². The molecule has 0 bridgehead atoms. The van der Waals surface area contributed by atoms with Gasteiger partial charge >= 0.3 is 0 Å². The first kappa shape index (κ1) is 13.7. The molecule has 0 spiro atoms. The lowest BCUT2D eigenvalue weighted by Crippen LogP contribution is -1.50. The first-order chi connectivity index (χ1) is 8.41. The molecule has 0 rings (SSSR count). The van der Waals surface area contributed by atoms with Crippen LogP contribution in [0.5, 0.6) is 0 Å². The van der Waals surface area contributed by atoms with Gasteiger partial charge < -0.3 is 0 Å². The molecule has 0 amide bonds. The van der Waals surface area contributed by atoms with E-state index in [2.05, 4.69) is 73.1 Å². The van der Waals surface area contributed by atoms with E-state index in [1.54, 1.807) is 5.34 Å². The highest BCUT2D eigenvalue weighted by Gasteiger charge is 1.69. The lowest BCUT2D eigenvalue weighted by Gasteiger charge is -1.68. The summed E-state index contributed by atoms with van der Waals surface area (Å²) in [4.78, 5) is 0. The minimum absolute atomic E-state index is 1.74. The van der Waals surface area contributed by atoms with Gasteiger partial charge in [-0.15, -0.1) is 0 Å². The van der Waals surface area contributed by atoms with Gasteiger partial charge in [0.05, 0.1) is 0 Å². The first-order valence-corrected chi connectivity index (χ1v) is 3.19. The molecule has 1 N–H and O–H groups in total. The molecule has 0 atom stereocenters. The highest BCUT2D eigenvalue weighted by Crippen LogP contribution is 1.88. The third kappa shape index (κ3) is 12.7. The summed E-state index contributed by atoms with van der Waals surface area (Å²) < 4.78 is 10.9. The van der Waals surface area contributed by atoms with Crippen LogP contribution in [-0.4, -0.2) is 0 Å². The molecule has 0 saturated carbocycles. The highest BCUT2D eigenvalue weighted by atomic mass is 19.2. The van der Waals surface area contributed by atoms with E-state index in [1.165, 1.54) is 0 Å². The summed E-state index contributed by atoms with van der Waals surface area (Å²) in [5, 5.41) is 40.9. The minimum atomic E-state index is 1.74. The van der Waals surface area contributed by atoms with Crippen molar-refractivity contribution >= 4 is 0 Å². The monoisotopic (exact) mass is 244 g/mol. The molecule has 0 aromatic carbocycles. The van der Waals surface area contributed by atoms with E-state index in [0.29, 0.717) is 0 Å². The average Bonchev–Trinajstić information content (AvgIpc) is 2.35. The van der Waals surface area contributed by atoms with Crippen molar-refractivity contribution in [3.8, 4) is 0 Å². The molecular formula is HFN16. The Bertz CT molecular complexity index is 374. The van der Waals surface area contributed by atoms with Gasteiger partial charge in [-0.25, -0.2) is 0 Å². The van der Waals surface area contributed by atoms with E-state index in [4.69, 9.17) is 5.53 Å². The van der Waals surface area contributed by atoms with Crippen molar-refractivity contribution in [1.29, 1.82) is 5.53 Å². The number of hydrogen-bond acceptors (Lipinski definition) is 2. The number of nitrogens with zero attached hydrogens (tertiary/aromatic N) is 15. The Hall–Kier alpha value is -3.27. The van der Waals surface area contributed by atoms with Crippen LogP contribution in [0.3, 0.4) is 0 Å². The smallest absolute Gasteiger partial charge is 0.0435 e. The van der Waals surface area contributed by atoms with Crippen molar-refractivity contribution in [2.45, 2.75) is 0 Å². The maximum Gasteiger partial charge on any atom is 0.0435 e. The third-order valence-corrected chi connectivity index (χ3v) is 0.559.